The van der Waals surface area contributed by atoms with Crippen molar-refractivity contribution < 1.29 is 9.47 Å². The largest absolute Gasteiger partial charge is 0.454 e. The smallest absolute Gasteiger partial charge is 0.231 e. The molecule has 0 radical (unpaired) electrons. The number of imidazole rings is 1. The van der Waals surface area contributed by atoms with E-state index in [0.717, 1.165) is 28.2 Å². The second kappa shape index (κ2) is 4.11. The fourth-order valence-corrected chi connectivity index (χ4v) is 2.86. The number of aromatic amines is 1. The van der Waals surface area contributed by atoms with E-state index in [9.17, 15) is 0 Å². The summed E-state index contributed by atoms with van der Waals surface area (Å²) >= 11 is 5.46. The van der Waals surface area contributed by atoms with E-state index in [0.29, 0.717) is 4.77 Å². The summed E-state index contributed by atoms with van der Waals surface area (Å²) in [5.41, 5.74) is 4.27. The lowest BCUT2D eigenvalue weighted by molar-refractivity contribution is 0.174. The summed E-state index contributed by atoms with van der Waals surface area (Å²) in [6.45, 7) is 2.34. The number of rotatable bonds is 1. The molecule has 5 heteroatoms. The van der Waals surface area contributed by atoms with E-state index in [1.54, 1.807) is 0 Å². The van der Waals surface area contributed by atoms with E-state index >= 15 is 0 Å². The first-order valence-corrected chi connectivity index (χ1v) is 6.75. The van der Waals surface area contributed by atoms with Gasteiger partial charge in [-0.25, -0.2) is 0 Å². The van der Waals surface area contributed by atoms with E-state index in [2.05, 4.69) is 24.0 Å². The third-order valence-corrected chi connectivity index (χ3v) is 3.83. The minimum atomic E-state index is 0.275. The van der Waals surface area contributed by atoms with Gasteiger partial charge < -0.3 is 14.5 Å². The number of aryl methyl sites for hydroxylation is 1. The van der Waals surface area contributed by atoms with E-state index in [4.69, 9.17) is 21.7 Å². The zero-order chi connectivity index (χ0) is 13.7. The lowest BCUT2D eigenvalue weighted by atomic mass is 10.2. The Morgan fingerprint density at radius 1 is 1.15 bits per heavy atom. The summed E-state index contributed by atoms with van der Waals surface area (Å²) in [7, 11) is 0. The van der Waals surface area contributed by atoms with Gasteiger partial charge in [0.1, 0.15) is 0 Å². The van der Waals surface area contributed by atoms with E-state index in [1.165, 1.54) is 5.56 Å². The summed E-state index contributed by atoms with van der Waals surface area (Å²) in [5, 5.41) is 0. The van der Waals surface area contributed by atoms with E-state index in [-0.39, 0.29) is 6.79 Å². The van der Waals surface area contributed by atoms with Gasteiger partial charge in [-0.15, -0.1) is 0 Å². The minimum absolute atomic E-state index is 0.275. The normalized spacial score (nSPS) is 13.1. The second-order valence-electron chi connectivity index (χ2n) is 4.77. The van der Waals surface area contributed by atoms with Crippen LogP contribution in [-0.2, 0) is 0 Å². The molecule has 0 saturated carbocycles. The topological polar surface area (TPSA) is 39.2 Å². The first-order valence-electron chi connectivity index (χ1n) is 6.34. The molecule has 0 saturated heterocycles. The number of benzene rings is 2. The summed E-state index contributed by atoms with van der Waals surface area (Å²) in [6, 6.07) is 12.0. The first kappa shape index (κ1) is 11.5. The van der Waals surface area contributed by atoms with Crippen LogP contribution in [0.25, 0.3) is 16.7 Å². The second-order valence-corrected chi connectivity index (χ2v) is 5.16. The summed E-state index contributed by atoms with van der Waals surface area (Å²) in [4.78, 5) is 3.27. The third-order valence-electron chi connectivity index (χ3n) is 3.54. The Morgan fingerprint density at radius 2 is 2.00 bits per heavy atom. The quantitative estimate of drug-likeness (QED) is 0.692. The van der Waals surface area contributed by atoms with Gasteiger partial charge in [-0.05, 0) is 42.9 Å². The van der Waals surface area contributed by atoms with Crippen LogP contribution in [0.1, 0.15) is 5.56 Å². The Bertz CT molecular complexity index is 879. The number of ether oxygens (including phenoxy) is 2. The van der Waals surface area contributed by atoms with Crippen molar-refractivity contribution in [1.29, 1.82) is 0 Å². The molecule has 1 aliphatic rings. The summed E-state index contributed by atoms with van der Waals surface area (Å²) in [6.07, 6.45) is 0. The zero-order valence-electron chi connectivity index (χ0n) is 10.8. The minimum Gasteiger partial charge on any atom is -0.454 e. The molecule has 0 amide bonds. The molecule has 0 bridgehead atoms. The Kier molecular flexibility index (Phi) is 2.37. The molecule has 20 heavy (non-hydrogen) atoms. The van der Waals surface area contributed by atoms with Crippen molar-refractivity contribution in [3.05, 3.63) is 46.7 Å². The Labute approximate surface area is 120 Å². The Morgan fingerprint density at radius 3 is 2.90 bits per heavy atom. The van der Waals surface area contributed by atoms with Crippen molar-refractivity contribution in [3.63, 3.8) is 0 Å². The molecule has 1 aromatic heterocycles. The number of fused-ring (bicyclic) bond motifs is 2. The van der Waals surface area contributed by atoms with Crippen LogP contribution < -0.4 is 9.47 Å². The zero-order valence-corrected chi connectivity index (χ0v) is 11.7. The molecule has 2 heterocycles. The number of H-pyrrole nitrogens is 1. The van der Waals surface area contributed by atoms with Gasteiger partial charge >= 0.3 is 0 Å². The number of para-hydroxylation sites is 1. The lowest BCUT2D eigenvalue weighted by Gasteiger charge is -2.06. The van der Waals surface area contributed by atoms with Crippen LogP contribution in [0.15, 0.2) is 36.4 Å². The number of hydrogen-bond donors (Lipinski definition) is 1. The van der Waals surface area contributed by atoms with Crippen LogP contribution in [-0.4, -0.2) is 16.3 Å². The van der Waals surface area contributed by atoms with Crippen molar-refractivity contribution >= 4 is 23.3 Å². The molecule has 0 aliphatic carbocycles. The van der Waals surface area contributed by atoms with Crippen molar-refractivity contribution in [2.75, 3.05) is 6.79 Å². The molecule has 0 spiro atoms. The van der Waals surface area contributed by atoms with Gasteiger partial charge in [-0.2, -0.15) is 0 Å². The Hall–Kier alpha value is -2.27. The van der Waals surface area contributed by atoms with E-state index in [1.807, 2.05) is 28.8 Å². The molecule has 0 unspecified atom stereocenters. The molecular weight excluding hydrogens is 272 g/mol. The van der Waals surface area contributed by atoms with Gasteiger partial charge in [0, 0.05) is 6.07 Å². The number of nitrogens with zero attached hydrogens (tertiary/aromatic N) is 1. The molecule has 100 valence electrons. The molecule has 0 fully saturated rings. The monoisotopic (exact) mass is 284 g/mol. The van der Waals surface area contributed by atoms with Crippen LogP contribution in [0.5, 0.6) is 11.5 Å². The fourth-order valence-electron chi connectivity index (χ4n) is 2.55. The standard InChI is InChI=1S/C15H12N2O2S/c1-9-3-2-4-11-14(9)16-15(20)17(11)10-5-6-12-13(7-10)19-8-18-12/h2-7H,8H2,1H3,(H,16,20). The van der Waals surface area contributed by atoms with Gasteiger partial charge in [-0.1, -0.05) is 12.1 Å². The van der Waals surface area contributed by atoms with Crippen LogP contribution in [0, 0.1) is 11.7 Å². The van der Waals surface area contributed by atoms with Gasteiger partial charge in [0.25, 0.3) is 0 Å². The lowest BCUT2D eigenvalue weighted by Crippen LogP contribution is -1.94. The molecule has 0 atom stereocenters. The Balaban J connectivity index is 2.01. The maximum Gasteiger partial charge on any atom is 0.231 e. The average molecular weight is 284 g/mol. The van der Waals surface area contributed by atoms with E-state index < -0.39 is 0 Å². The highest BCUT2D eigenvalue weighted by molar-refractivity contribution is 7.71. The highest BCUT2D eigenvalue weighted by Gasteiger charge is 2.15. The van der Waals surface area contributed by atoms with Gasteiger partial charge in [0.05, 0.1) is 16.7 Å². The molecule has 4 rings (SSSR count). The average Bonchev–Trinajstić information content (AvgIpc) is 3.02. The maximum atomic E-state index is 5.46. The van der Waals surface area contributed by atoms with Crippen LogP contribution >= 0.6 is 12.2 Å². The molecule has 4 nitrogen and oxygen atoms in total. The first-order chi connectivity index (χ1) is 9.74. The van der Waals surface area contributed by atoms with Crippen LogP contribution in [0.3, 0.4) is 0 Å². The highest BCUT2D eigenvalue weighted by atomic mass is 32.1. The number of nitrogens with one attached hydrogen (secondary N) is 1. The molecule has 1 aliphatic heterocycles. The SMILES string of the molecule is Cc1cccc2c1[nH]c(=S)n2-c1ccc2c(c1)OCO2. The number of aromatic nitrogens is 2. The third kappa shape index (κ3) is 1.56. The summed E-state index contributed by atoms with van der Waals surface area (Å²) in [5.74, 6) is 1.53. The predicted molar refractivity (Wildman–Crippen MR) is 79.3 cm³/mol. The summed E-state index contributed by atoms with van der Waals surface area (Å²) < 4.78 is 13.5. The van der Waals surface area contributed by atoms with Crippen molar-refractivity contribution in [1.82, 2.24) is 9.55 Å². The molecule has 1 N–H and O–H groups in total. The van der Waals surface area contributed by atoms with Gasteiger partial charge in [-0.3, -0.25) is 4.57 Å². The molecular formula is C15H12N2O2S. The predicted octanol–water partition coefficient (Wildman–Crippen LogP) is 3.73. The maximum absolute atomic E-state index is 5.46. The van der Waals surface area contributed by atoms with Gasteiger partial charge in [0.2, 0.25) is 6.79 Å². The number of hydrogen-bond acceptors (Lipinski definition) is 3. The molecule has 3 aromatic rings. The highest BCUT2D eigenvalue weighted by Crippen LogP contribution is 2.34. The van der Waals surface area contributed by atoms with Crippen molar-refractivity contribution in [2.45, 2.75) is 6.92 Å². The fraction of sp³-hybridized carbons (Fsp3) is 0.133. The van der Waals surface area contributed by atoms with Crippen LogP contribution in [0.2, 0.25) is 0 Å². The molecule has 2 aromatic carbocycles. The van der Waals surface area contributed by atoms with Gasteiger partial charge in [0.15, 0.2) is 16.3 Å². The van der Waals surface area contributed by atoms with Crippen LogP contribution in [0.4, 0.5) is 0 Å². The van der Waals surface area contributed by atoms with Crippen molar-refractivity contribution in [3.8, 4) is 17.2 Å². The van der Waals surface area contributed by atoms with Crippen molar-refractivity contribution in [2.24, 2.45) is 0 Å².